The number of benzene rings is 2. The first-order valence-electron chi connectivity index (χ1n) is 7.35. The molecule has 0 saturated heterocycles. The number of rotatable bonds is 3. The highest BCUT2D eigenvalue weighted by atomic mass is 35.5. The largest absolute Gasteiger partial charge is 0.329 e. The van der Waals surface area contributed by atoms with Crippen LogP contribution in [0.2, 0.25) is 10.2 Å². The van der Waals surface area contributed by atoms with Crippen molar-refractivity contribution in [1.82, 2.24) is 4.57 Å². The number of amides is 1. The fraction of sp³-hybridized carbons (Fsp3) is 0.167. The third-order valence-corrected chi connectivity index (χ3v) is 4.80. The lowest BCUT2D eigenvalue weighted by Crippen LogP contribution is -2.32. The molecule has 0 radical (unpaired) electrons. The molecule has 3 aromatic rings. The molecule has 0 aliphatic carbocycles. The molecule has 0 atom stereocenters. The van der Waals surface area contributed by atoms with E-state index in [0.717, 1.165) is 16.5 Å². The quantitative estimate of drug-likeness (QED) is 0.643. The van der Waals surface area contributed by atoms with E-state index in [1.165, 1.54) is 0 Å². The molecule has 118 valence electrons. The zero-order valence-electron chi connectivity index (χ0n) is 12.9. The Hall–Kier alpha value is -1.97. The molecule has 0 bridgehead atoms. The molecule has 5 heteroatoms. The molecular formula is C18H16Cl2N2O. The number of carbonyl (C=O) groups is 1. The zero-order valence-corrected chi connectivity index (χ0v) is 14.4. The van der Waals surface area contributed by atoms with Crippen LogP contribution < -0.4 is 4.90 Å². The maximum absolute atomic E-state index is 13.0. The Morgan fingerprint density at radius 2 is 1.83 bits per heavy atom. The SMILES string of the molecule is CCN(C(=O)c1cc(Cl)c(Cl)n1C)c1cccc2ccccc12. The van der Waals surface area contributed by atoms with Crippen molar-refractivity contribution in [3.63, 3.8) is 0 Å². The van der Waals surface area contributed by atoms with Gasteiger partial charge in [-0.2, -0.15) is 0 Å². The van der Waals surface area contributed by atoms with Crippen molar-refractivity contribution in [3.05, 3.63) is 64.4 Å². The van der Waals surface area contributed by atoms with E-state index < -0.39 is 0 Å². The Kier molecular flexibility index (Phi) is 4.33. The van der Waals surface area contributed by atoms with Gasteiger partial charge in [0.05, 0.1) is 10.7 Å². The van der Waals surface area contributed by atoms with Crippen LogP contribution in [0.4, 0.5) is 5.69 Å². The predicted octanol–water partition coefficient (Wildman–Crippen LogP) is 5.15. The highest BCUT2D eigenvalue weighted by molar-refractivity contribution is 6.42. The average molecular weight is 347 g/mol. The number of carbonyl (C=O) groups excluding carboxylic acids is 1. The van der Waals surface area contributed by atoms with Crippen LogP contribution in [0.3, 0.4) is 0 Å². The molecule has 0 aliphatic heterocycles. The van der Waals surface area contributed by atoms with E-state index in [1.807, 2.05) is 49.4 Å². The summed E-state index contributed by atoms with van der Waals surface area (Å²) in [5.41, 5.74) is 1.35. The van der Waals surface area contributed by atoms with Gasteiger partial charge in [0.1, 0.15) is 10.8 Å². The van der Waals surface area contributed by atoms with Gasteiger partial charge in [0.15, 0.2) is 0 Å². The van der Waals surface area contributed by atoms with Crippen molar-refractivity contribution in [2.45, 2.75) is 6.92 Å². The summed E-state index contributed by atoms with van der Waals surface area (Å²) >= 11 is 12.1. The first kappa shape index (κ1) is 15.9. The molecular weight excluding hydrogens is 331 g/mol. The third-order valence-electron chi connectivity index (χ3n) is 3.95. The molecule has 2 aromatic carbocycles. The van der Waals surface area contributed by atoms with Gasteiger partial charge in [-0.1, -0.05) is 59.6 Å². The van der Waals surface area contributed by atoms with E-state index in [-0.39, 0.29) is 5.91 Å². The van der Waals surface area contributed by atoms with Crippen molar-refractivity contribution < 1.29 is 4.79 Å². The zero-order chi connectivity index (χ0) is 16.6. The molecule has 0 aliphatic rings. The summed E-state index contributed by atoms with van der Waals surface area (Å²) in [6.45, 7) is 2.50. The van der Waals surface area contributed by atoms with E-state index in [0.29, 0.717) is 22.4 Å². The lowest BCUT2D eigenvalue weighted by Gasteiger charge is -2.23. The molecule has 0 unspecified atom stereocenters. The van der Waals surface area contributed by atoms with Crippen LogP contribution in [0.15, 0.2) is 48.5 Å². The van der Waals surface area contributed by atoms with Gasteiger partial charge in [0.25, 0.3) is 5.91 Å². The lowest BCUT2D eigenvalue weighted by atomic mass is 10.1. The van der Waals surface area contributed by atoms with E-state index in [1.54, 1.807) is 22.6 Å². The minimum atomic E-state index is -0.125. The highest BCUT2D eigenvalue weighted by Gasteiger charge is 2.22. The minimum Gasteiger partial charge on any atom is -0.329 e. The second-order valence-corrected chi connectivity index (χ2v) is 6.04. The number of nitrogens with zero attached hydrogens (tertiary/aromatic N) is 2. The topological polar surface area (TPSA) is 25.2 Å². The number of anilines is 1. The molecule has 23 heavy (non-hydrogen) atoms. The van der Waals surface area contributed by atoms with Crippen LogP contribution in [-0.4, -0.2) is 17.0 Å². The number of aromatic nitrogens is 1. The van der Waals surface area contributed by atoms with Crippen LogP contribution in [0.25, 0.3) is 10.8 Å². The van der Waals surface area contributed by atoms with Crippen molar-refractivity contribution in [2.75, 3.05) is 11.4 Å². The summed E-state index contributed by atoms with van der Waals surface area (Å²) in [4.78, 5) is 14.7. The van der Waals surface area contributed by atoms with Gasteiger partial charge >= 0.3 is 0 Å². The number of fused-ring (bicyclic) bond motifs is 1. The van der Waals surface area contributed by atoms with Crippen LogP contribution in [0, 0.1) is 0 Å². The standard InChI is InChI=1S/C18H16Cl2N2O/c1-3-22(18(23)16-11-14(19)17(20)21(16)2)15-10-6-8-12-7-4-5-9-13(12)15/h4-11H,3H2,1-2H3. The van der Waals surface area contributed by atoms with E-state index in [9.17, 15) is 4.79 Å². The summed E-state index contributed by atoms with van der Waals surface area (Å²) in [7, 11) is 1.73. The second kappa shape index (κ2) is 6.26. The van der Waals surface area contributed by atoms with E-state index >= 15 is 0 Å². The van der Waals surface area contributed by atoms with Crippen LogP contribution in [0.5, 0.6) is 0 Å². The van der Waals surface area contributed by atoms with Crippen LogP contribution in [0.1, 0.15) is 17.4 Å². The molecule has 0 spiro atoms. The van der Waals surface area contributed by atoms with Crippen molar-refractivity contribution in [3.8, 4) is 0 Å². The second-order valence-electron chi connectivity index (χ2n) is 5.28. The Labute approximate surface area is 145 Å². The molecule has 1 aromatic heterocycles. The van der Waals surface area contributed by atoms with Crippen LogP contribution in [-0.2, 0) is 7.05 Å². The molecule has 3 nitrogen and oxygen atoms in total. The monoisotopic (exact) mass is 346 g/mol. The first-order valence-corrected chi connectivity index (χ1v) is 8.10. The average Bonchev–Trinajstić information content (AvgIpc) is 2.83. The normalized spacial score (nSPS) is 11.0. The maximum Gasteiger partial charge on any atom is 0.274 e. The Morgan fingerprint density at radius 3 is 2.48 bits per heavy atom. The molecule has 3 rings (SSSR count). The van der Waals surface area contributed by atoms with E-state index in [2.05, 4.69) is 0 Å². The Bertz CT molecular complexity index is 881. The Balaban J connectivity index is 2.11. The van der Waals surface area contributed by atoms with E-state index in [4.69, 9.17) is 23.2 Å². The Morgan fingerprint density at radius 1 is 1.13 bits per heavy atom. The molecule has 0 fully saturated rings. The van der Waals surface area contributed by atoms with Gasteiger partial charge in [0, 0.05) is 19.0 Å². The fourth-order valence-electron chi connectivity index (χ4n) is 2.75. The lowest BCUT2D eigenvalue weighted by molar-refractivity contribution is 0.0981. The highest BCUT2D eigenvalue weighted by Crippen LogP contribution is 2.30. The minimum absolute atomic E-state index is 0.125. The summed E-state index contributed by atoms with van der Waals surface area (Å²) in [5, 5.41) is 2.88. The number of hydrogen-bond donors (Lipinski definition) is 0. The molecule has 1 heterocycles. The summed E-state index contributed by atoms with van der Waals surface area (Å²) in [6, 6.07) is 15.6. The number of halogens is 2. The first-order chi connectivity index (χ1) is 11.0. The molecule has 1 amide bonds. The van der Waals surface area contributed by atoms with Crippen molar-refractivity contribution in [2.24, 2.45) is 7.05 Å². The van der Waals surface area contributed by atoms with Crippen LogP contribution >= 0.6 is 23.2 Å². The third kappa shape index (κ3) is 2.71. The van der Waals surface area contributed by atoms with Gasteiger partial charge < -0.3 is 9.47 Å². The summed E-state index contributed by atoms with van der Waals surface area (Å²) in [6.07, 6.45) is 0. The van der Waals surface area contributed by atoms with Crippen molar-refractivity contribution in [1.29, 1.82) is 0 Å². The predicted molar refractivity (Wildman–Crippen MR) is 96.7 cm³/mol. The smallest absolute Gasteiger partial charge is 0.274 e. The maximum atomic E-state index is 13.0. The van der Waals surface area contributed by atoms with Gasteiger partial charge in [-0.25, -0.2) is 0 Å². The van der Waals surface area contributed by atoms with Gasteiger partial charge in [-0.15, -0.1) is 0 Å². The van der Waals surface area contributed by atoms with Gasteiger partial charge in [-0.05, 0) is 24.4 Å². The molecule has 0 N–H and O–H groups in total. The summed E-state index contributed by atoms with van der Waals surface area (Å²) < 4.78 is 1.61. The molecule has 0 saturated carbocycles. The van der Waals surface area contributed by atoms with Gasteiger partial charge in [0.2, 0.25) is 0 Å². The van der Waals surface area contributed by atoms with Crippen molar-refractivity contribution >= 4 is 45.6 Å². The number of hydrogen-bond acceptors (Lipinski definition) is 1. The fourth-order valence-corrected chi connectivity index (χ4v) is 3.13. The summed E-state index contributed by atoms with van der Waals surface area (Å²) in [5.74, 6) is -0.125. The van der Waals surface area contributed by atoms with Gasteiger partial charge in [-0.3, -0.25) is 4.79 Å².